The molecular formula is C53H47NO. The molecule has 0 bridgehead atoms. The van der Waals surface area contributed by atoms with Crippen LogP contribution in [0.3, 0.4) is 0 Å². The number of furan rings is 1. The molecule has 1 aromatic heterocycles. The van der Waals surface area contributed by atoms with E-state index in [1.54, 1.807) is 0 Å². The van der Waals surface area contributed by atoms with Gasteiger partial charge in [-0.3, -0.25) is 0 Å². The fraction of sp³-hybridized carbons (Fsp3) is 0.208. The second kappa shape index (κ2) is 14.4. The highest BCUT2D eigenvalue weighted by molar-refractivity contribution is 6.03. The molecule has 6 aromatic carbocycles. The zero-order valence-corrected chi connectivity index (χ0v) is 31.7. The van der Waals surface area contributed by atoms with E-state index in [2.05, 4.69) is 170 Å². The van der Waals surface area contributed by atoms with Crippen LogP contribution in [0.4, 0.5) is 11.4 Å². The zero-order chi connectivity index (χ0) is 36.7. The Morgan fingerprint density at radius 2 is 1.31 bits per heavy atom. The van der Waals surface area contributed by atoms with Crippen molar-refractivity contribution in [2.45, 2.75) is 64.2 Å². The maximum atomic E-state index is 6.53. The number of aryl methyl sites for hydroxylation is 1. The third-order valence-corrected chi connectivity index (χ3v) is 12.4. The van der Waals surface area contributed by atoms with Gasteiger partial charge in [0.1, 0.15) is 11.3 Å². The Hall–Kier alpha value is -5.86. The van der Waals surface area contributed by atoms with Crippen molar-refractivity contribution in [2.75, 3.05) is 4.90 Å². The first-order valence-corrected chi connectivity index (χ1v) is 20.4. The van der Waals surface area contributed by atoms with Crippen LogP contribution in [0.1, 0.15) is 74.7 Å². The van der Waals surface area contributed by atoms with Gasteiger partial charge in [0.15, 0.2) is 0 Å². The van der Waals surface area contributed by atoms with Crippen molar-refractivity contribution in [1.29, 1.82) is 0 Å². The summed E-state index contributed by atoms with van der Waals surface area (Å²) in [5, 5.41) is 3.98. The van der Waals surface area contributed by atoms with Gasteiger partial charge in [-0.2, -0.15) is 0 Å². The molecule has 1 unspecified atom stereocenters. The van der Waals surface area contributed by atoms with Gasteiger partial charge in [-0.15, -0.1) is 0 Å². The molecule has 0 N–H and O–H groups in total. The smallest absolute Gasteiger partial charge is 0.135 e. The van der Waals surface area contributed by atoms with Crippen molar-refractivity contribution in [2.24, 2.45) is 5.92 Å². The summed E-state index contributed by atoms with van der Waals surface area (Å²) in [5.74, 6) is 2.03. The number of para-hydroxylation sites is 3. The Morgan fingerprint density at radius 1 is 0.618 bits per heavy atom. The molecule has 1 fully saturated rings. The fourth-order valence-electron chi connectivity index (χ4n) is 9.74. The van der Waals surface area contributed by atoms with Crippen molar-refractivity contribution in [3.05, 3.63) is 185 Å². The molecule has 3 aliphatic rings. The molecule has 1 heterocycles. The first kappa shape index (κ1) is 33.7. The Bertz CT molecular complexity index is 2620. The number of hydrogen-bond acceptors (Lipinski definition) is 2. The van der Waals surface area contributed by atoms with Gasteiger partial charge >= 0.3 is 0 Å². The molecule has 0 amide bonds. The summed E-state index contributed by atoms with van der Waals surface area (Å²) >= 11 is 0. The Morgan fingerprint density at radius 3 is 2.15 bits per heavy atom. The van der Waals surface area contributed by atoms with Crippen molar-refractivity contribution in [3.8, 4) is 22.3 Å². The quantitative estimate of drug-likeness (QED) is 0.163. The van der Waals surface area contributed by atoms with Gasteiger partial charge in [0.25, 0.3) is 0 Å². The highest BCUT2D eigenvalue weighted by Gasteiger charge is 2.30. The van der Waals surface area contributed by atoms with Crippen LogP contribution in [0.15, 0.2) is 173 Å². The molecule has 2 nitrogen and oxygen atoms in total. The van der Waals surface area contributed by atoms with Gasteiger partial charge in [-0.1, -0.05) is 154 Å². The molecule has 55 heavy (non-hydrogen) atoms. The Kier molecular flexibility index (Phi) is 8.83. The number of allylic oxidation sites excluding steroid dienone is 4. The minimum Gasteiger partial charge on any atom is -0.456 e. The molecule has 270 valence electrons. The van der Waals surface area contributed by atoms with E-state index in [0.29, 0.717) is 11.8 Å². The topological polar surface area (TPSA) is 16.4 Å². The van der Waals surface area contributed by atoms with E-state index in [1.807, 2.05) is 0 Å². The van der Waals surface area contributed by atoms with Crippen LogP contribution < -0.4 is 4.90 Å². The van der Waals surface area contributed by atoms with E-state index >= 15 is 0 Å². The van der Waals surface area contributed by atoms with Crippen LogP contribution in [-0.4, -0.2) is 0 Å². The van der Waals surface area contributed by atoms with Crippen LogP contribution in [0.25, 0.3) is 50.1 Å². The van der Waals surface area contributed by atoms with E-state index in [9.17, 15) is 0 Å². The first-order valence-electron chi connectivity index (χ1n) is 20.4. The third-order valence-electron chi connectivity index (χ3n) is 12.4. The summed E-state index contributed by atoms with van der Waals surface area (Å²) in [5.41, 5.74) is 15.2. The predicted molar refractivity (Wildman–Crippen MR) is 232 cm³/mol. The first-order chi connectivity index (χ1) is 27.2. The Balaban J connectivity index is 1.23. The van der Waals surface area contributed by atoms with Crippen LogP contribution in [0, 0.1) is 5.92 Å². The van der Waals surface area contributed by atoms with Crippen LogP contribution >= 0.6 is 0 Å². The lowest BCUT2D eigenvalue weighted by atomic mass is 9.80. The molecule has 2 heteroatoms. The van der Waals surface area contributed by atoms with Crippen molar-refractivity contribution >= 4 is 39.2 Å². The fourth-order valence-corrected chi connectivity index (χ4v) is 9.74. The molecule has 1 saturated carbocycles. The van der Waals surface area contributed by atoms with E-state index in [-0.39, 0.29) is 0 Å². The summed E-state index contributed by atoms with van der Waals surface area (Å²) in [6.07, 6.45) is 16.6. The maximum Gasteiger partial charge on any atom is 0.135 e. The van der Waals surface area contributed by atoms with E-state index < -0.39 is 0 Å². The van der Waals surface area contributed by atoms with Gasteiger partial charge in [0, 0.05) is 27.8 Å². The standard InChI is InChI=1S/C53H47NO/c1-36-30-33-50(47(34-36)40-31-32-45-44-24-10-13-29-51(44)55-52(45)35-40)54(48-27-11-8-22-41(48)37-16-4-2-5-17-37)49-28-12-9-23-43(49)46-26-15-21-39-20-14-25-42(53(39)46)38-18-6-3-7-19-38/h2,4-5,8-17,20-30,33,35-36,38H,3,6-7,18-19,31-32,34H2,1H3. The second-order valence-corrected chi connectivity index (χ2v) is 15.8. The minimum atomic E-state index is 0.425. The van der Waals surface area contributed by atoms with Gasteiger partial charge in [-0.25, -0.2) is 0 Å². The monoisotopic (exact) mass is 713 g/mol. The number of fused-ring (bicyclic) bond motifs is 4. The molecule has 1 atom stereocenters. The number of hydrogen-bond donors (Lipinski definition) is 0. The lowest BCUT2D eigenvalue weighted by Gasteiger charge is -2.35. The van der Waals surface area contributed by atoms with Crippen LogP contribution in [0.2, 0.25) is 0 Å². The average Bonchev–Trinajstić information content (AvgIpc) is 3.63. The molecule has 7 aromatic rings. The summed E-state index contributed by atoms with van der Waals surface area (Å²) in [6, 6.07) is 51.5. The van der Waals surface area contributed by atoms with Crippen molar-refractivity contribution < 1.29 is 4.42 Å². The van der Waals surface area contributed by atoms with Crippen molar-refractivity contribution in [1.82, 2.24) is 0 Å². The van der Waals surface area contributed by atoms with Crippen molar-refractivity contribution in [3.63, 3.8) is 0 Å². The molecule has 0 saturated heterocycles. The number of benzene rings is 6. The number of nitrogens with zero attached hydrogens (tertiary/aromatic N) is 1. The third kappa shape index (κ3) is 6.15. The highest BCUT2D eigenvalue weighted by atomic mass is 16.3. The zero-order valence-electron chi connectivity index (χ0n) is 31.7. The number of anilines is 2. The maximum absolute atomic E-state index is 6.53. The highest BCUT2D eigenvalue weighted by Crippen LogP contribution is 2.49. The lowest BCUT2D eigenvalue weighted by molar-refractivity contribution is 0.445. The van der Waals surface area contributed by atoms with Crippen LogP contribution in [-0.2, 0) is 6.42 Å². The predicted octanol–water partition coefficient (Wildman–Crippen LogP) is 15.0. The Labute approximate surface area is 325 Å². The van der Waals surface area contributed by atoms with Gasteiger partial charge in [0.05, 0.1) is 11.4 Å². The van der Waals surface area contributed by atoms with Crippen LogP contribution in [0.5, 0.6) is 0 Å². The lowest BCUT2D eigenvalue weighted by Crippen LogP contribution is -2.22. The SMILES string of the molecule is CC1C=CC(N(c2ccccc2-c2ccccc2)c2ccccc2-c2cccc3cccc(C4CCCCC4)c23)=C(C2=Cc3oc4ccccc4c3CC2)C1. The normalized spacial score (nSPS) is 17.4. The second-order valence-electron chi connectivity index (χ2n) is 15.8. The molecular weight excluding hydrogens is 667 g/mol. The molecule has 10 rings (SSSR count). The van der Waals surface area contributed by atoms with E-state index in [4.69, 9.17) is 4.42 Å². The molecule has 0 aliphatic heterocycles. The van der Waals surface area contributed by atoms with Gasteiger partial charge in [0.2, 0.25) is 0 Å². The minimum absolute atomic E-state index is 0.425. The molecule has 0 spiro atoms. The average molecular weight is 714 g/mol. The molecule has 3 aliphatic carbocycles. The summed E-state index contributed by atoms with van der Waals surface area (Å²) < 4.78 is 6.53. The van der Waals surface area contributed by atoms with Gasteiger partial charge < -0.3 is 9.32 Å². The van der Waals surface area contributed by atoms with Gasteiger partial charge in [-0.05, 0) is 113 Å². The summed E-state index contributed by atoms with van der Waals surface area (Å²) in [4.78, 5) is 2.59. The molecule has 0 radical (unpaired) electrons. The van der Waals surface area contributed by atoms with E-state index in [0.717, 1.165) is 30.6 Å². The summed E-state index contributed by atoms with van der Waals surface area (Å²) in [7, 11) is 0. The largest absolute Gasteiger partial charge is 0.456 e. The number of rotatable bonds is 7. The summed E-state index contributed by atoms with van der Waals surface area (Å²) in [6.45, 7) is 2.35. The van der Waals surface area contributed by atoms with E-state index in [1.165, 1.54) is 110 Å².